The Bertz CT molecular complexity index is 943. The van der Waals surface area contributed by atoms with Crippen LogP contribution in [0.25, 0.3) is 17.1 Å². The highest BCUT2D eigenvalue weighted by Gasteiger charge is 2.17. The van der Waals surface area contributed by atoms with E-state index in [1.54, 1.807) is 7.11 Å². The highest BCUT2D eigenvalue weighted by Crippen LogP contribution is 2.29. The molecule has 152 valence electrons. The molecule has 0 saturated carbocycles. The summed E-state index contributed by atoms with van der Waals surface area (Å²) in [5.74, 6) is 1.70. The molecule has 3 aromatic rings. The fourth-order valence-corrected chi connectivity index (χ4v) is 3.50. The summed E-state index contributed by atoms with van der Waals surface area (Å²) in [5.41, 5.74) is 1.83. The minimum atomic E-state index is -0.0256. The van der Waals surface area contributed by atoms with E-state index in [1.807, 2.05) is 78.2 Å². The number of amides is 1. The Labute approximate surface area is 175 Å². The van der Waals surface area contributed by atoms with E-state index in [4.69, 9.17) is 4.74 Å². The smallest absolute Gasteiger partial charge is 0.230 e. The number of carbonyl (C=O) groups is 1. The second-order valence-electron chi connectivity index (χ2n) is 6.65. The van der Waals surface area contributed by atoms with E-state index in [-0.39, 0.29) is 11.7 Å². The maximum absolute atomic E-state index is 12.2. The number of para-hydroxylation sites is 1. The molecule has 1 amide bonds. The van der Waals surface area contributed by atoms with Gasteiger partial charge in [-0.15, -0.1) is 10.2 Å². The molecule has 0 fully saturated rings. The van der Waals surface area contributed by atoms with Gasteiger partial charge in [0.25, 0.3) is 0 Å². The molecule has 0 aliphatic carbocycles. The van der Waals surface area contributed by atoms with Crippen LogP contribution in [0.1, 0.15) is 0 Å². The summed E-state index contributed by atoms with van der Waals surface area (Å²) in [4.78, 5) is 14.2. The van der Waals surface area contributed by atoms with Gasteiger partial charge in [0.15, 0.2) is 11.0 Å². The third kappa shape index (κ3) is 5.58. The van der Waals surface area contributed by atoms with Crippen molar-refractivity contribution in [3.8, 4) is 22.8 Å². The Morgan fingerprint density at radius 3 is 2.66 bits per heavy atom. The minimum Gasteiger partial charge on any atom is -0.497 e. The maximum atomic E-state index is 12.2. The number of thioether (sulfide) groups is 1. The maximum Gasteiger partial charge on any atom is 0.230 e. The second-order valence-corrected chi connectivity index (χ2v) is 7.59. The molecule has 29 heavy (non-hydrogen) atoms. The molecule has 0 aliphatic rings. The SMILES string of the molecule is COc1cccc(-c2nnc(SCC(=O)NCCN(C)C)n2-c2ccccc2)c1. The summed E-state index contributed by atoms with van der Waals surface area (Å²) >= 11 is 1.37. The lowest BCUT2D eigenvalue weighted by atomic mass is 10.2. The largest absolute Gasteiger partial charge is 0.497 e. The van der Waals surface area contributed by atoms with Crippen molar-refractivity contribution in [3.05, 3.63) is 54.6 Å². The fraction of sp³-hybridized carbons (Fsp3) is 0.286. The molecule has 1 heterocycles. The third-order valence-corrected chi connectivity index (χ3v) is 5.12. The van der Waals surface area contributed by atoms with Crippen LogP contribution in [0, 0.1) is 0 Å². The number of rotatable bonds is 9. The molecule has 0 saturated heterocycles. The molecule has 0 radical (unpaired) electrons. The molecular formula is C21H25N5O2S. The number of hydrogen-bond acceptors (Lipinski definition) is 6. The lowest BCUT2D eigenvalue weighted by Crippen LogP contribution is -2.32. The molecule has 0 aliphatic heterocycles. The van der Waals surface area contributed by atoms with Crippen LogP contribution >= 0.6 is 11.8 Å². The van der Waals surface area contributed by atoms with Crippen molar-refractivity contribution in [1.29, 1.82) is 0 Å². The highest BCUT2D eigenvalue weighted by atomic mass is 32.2. The first-order valence-corrected chi connectivity index (χ1v) is 10.3. The molecule has 1 N–H and O–H groups in total. The average molecular weight is 412 g/mol. The first kappa shape index (κ1) is 20.9. The number of benzene rings is 2. The predicted molar refractivity (Wildman–Crippen MR) is 116 cm³/mol. The van der Waals surface area contributed by atoms with Gasteiger partial charge in [-0.2, -0.15) is 0 Å². The van der Waals surface area contributed by atoms with Crippen molar-refractivity contribution in [2.75, 3.05) is 40.0 Å². The zero-order valence-electron chi connectivity index (χ0n) is 16.8. The molecule has 0 atom stereocenters. The molecule has 1 aromatic heterocycles. The van der Waals surface area contributed by atoms with Gasteiger partial charge in [-0.05, 0) is 38.4 Å². The summed E-state index contributed by atoms with van der Waals surface area (Å²) in [6.45, 7) is 1.42. The van der Waals surface area contributed by atoms with Crippen LogP contribution in [-0.2, 0) is 4.79 Å². The molecular weight excluding hydrogens is 386 g/mol. The summed E-state index contributed by atoms with van der Waals surface area (Å²) < 4.78 is 7.31. The van der Waals surface area contributed by atoms with Crippen LogP contribution in [-0.4, -0.2) is 65.6 Å². The predicted octanol–water partition coefficient (Wildman–Crippen LogP) is 2.71. The Kier molecular flexibility index (Phi) is 7.26. The molecule has 0 spiro atoms. The lowest BCUT2D eigenvalue weighted by Gasteiger charge is -2.12. The van der Waals surface area contributed by atoms with E-state index in [0.29, 0.717) is 17.5 Å². The van der Waals surface area contributed by atoms with Gasteiger partial charge < -0.3 is 15.0 Å². The number of nitrogens with zero attached hydrogens (tertiary/aromatic N) is 4. The topological polar surface area (TPSA) is 72.3 Å². The molecule has 2 aromatic carbocycles. The minimum absolute atomic E-state index is 0.0256. The van der Waals surface area contributed by atoms with Crippen molar-refractivity contribution < 1.29 is 9.53 Å². The summed E-state index contributed by atoms with van der Waals surface area (Å²) in [6, 6.07) is 17.6. The molecule has 0 unspecified atom stereocenters. The zero-order chi connectivity index (χ0) is 20.6. The van der Waals surface area contributed by atoms with E-state index in [9.17, 15) is 4.79 Å². The molecule has 7 nitrogen and oxygen atoms in total. The summed E-state index contributed by atoms with van der Waals surface area (Å²) in [5, 5.41) is 12.3. The standard InChI is InChI=1S/C21H25N5O2S/c1-25(2)13-12-22-19(27)15-29-21-24-23-20(16-8-7-11-18(14-16)28-3)26(21)17-9-5-4-6-10-17/h4-11,14H,12-13,15H2,1-3H3,(H,22,27). The number of methoxy groups -OCH3 is 1. The van der Waals surface area contributed by atoms with Gasteiger partial charge in [0.05, 0.1) is 12.9 Å². The quantitative estimate of drug-likeness (QED) is 0.546. The number of hydrogen-bond donors (Lipinski definition) is 1. The number of carbonyl (C=O) groups excluding carboxylic acids is 1. The van der Waals surface area contributed by atoms with E-state index < -0.39 is 0 Å². The van der Waals surface area contributed by atoms with E-state index in [2.05, 4.69) is 15.5 Å². The Balaban J connectivity index is 1.84. The van der Waals surface area contributed by atoms with Crippen LogP contribution in [0.4, 0.5) is 0 Å². The summed E-state index contributed by atoms with van der Waals surface area (Å²) in [7, 11) is 5.59. The van der Waals surface area contributed by atoms with Gasteiger partial charge in [-0.3, -0.25) is 9.36 Å². The Morgan fingerprint density at radius 2 is 1.93 bits per heavy atom. The lowest BCUT2D eigenvalue weighted by molar-refractivity contribution is -0.118. The number of aromatic nitrogens is 3. The average Bonchev–Trinajstić information content (AvgIpc) is 3.16. The number of ether oxygens (including phenoxy) is 1. The van der Waals surface area contributed by atoms with Gasteiger partial charge >= 0.3 is 0 Å². The third-order valence-electron chi connectivity index (χ3n) is 4.19. The van der Waals surface area contributed by atoms with Crippen LogP contribution in [0.15, 0.2) is 59.8 Å². The van der Waals surface area contributed by atoms with E-state index >= 15 is 0 Å². The van der Waals surface area contributed by atoms with E-state index in [0.717, 1.165) is 23.5 Å². The molecule has 0 bridgehead atoms. The molecule has 8 heteroatoms. The van der Waals surface area contributed by atoms with Crippen molar-refractivity contribution >= 4 is 17.7 Å². The highest BCUT2D eigenvalue weighted by molar-refractivity contribution is 7.99. The van der Waals surface area contributed by atoms with Crippen molar-refractivity contribution in [3.63, 3.8) is 0 Å². The van der Waals surface area contributed by atoms with Crippen LogP contribution in [0.5, 0.6) is 5.75 Å². The second kappa shape index (κ2) is 10.1. The fourth-order valence-electron chi connectivity index (χ4n) is 2.72. The van der Waals surface area contributed by atoms with Crippen LogP contribution in [0.2, 0.25) is 0 Å². The van der Waals surface area contributed by atoms with Crippen molar-refractivity contribution in [2.45, 2.75) is 5.16 Å². The Morgan fingerprint density at radius 1 is 1.14 bits per heavy atom. The van der Waals surface area contributed by atoms with Crippen LogP contribution in [0.3, 0.4) is 0 Å². The Hall–Kier alpha value is -2.84. The van der Waals surface area contributed by atoms with Crippen molar-refractivity contribution in [1.82, 2.24) is 25.0 Å². The number of likely N-dealkylation sites (N-methyl/N-ethyl adjacent to an activating group) is 1. The summed E-state index contributed by atoms with van der Waals surface area (Å²) in [6.07, 6.45) is 0. The van der Waals surface area contributed by atoms with Gasteiger partial charge in [0, 0.05) is 24.3 Å². The van der Waals surface area contributed by atoms with Gasteiger partial charge in [-0.1, -0.05) is 42.1 Å². The van der Waals surface area contributed by atoms with Crippen molar-refractivity contribution in [2.24, 2.45) is 0 Å². The first-order chi connectivity index (χ1) is 14.1. The van der Waals surface area contributed by atoms with E-state index in [1.165, 1.54) is 11.8 Å². The van der Waals surface area contributed by atoms with Crippen LogP contribution < -0.4 is 10.1 Å². The molecule has 3 rings (SSSR count). The normalized spacial score (nSPS) is 10.9. The number of nitrogens with one attached hydrogen (secondary N) is 1. The first-order valence-electron chi connectivity index (χ1n) is 9.28. The van der Waals surface area contributed by atoms with Gasteiger partial charge in [0.1, 0.15) is 5.75 Å². The zero-order valence-corrected chi connectivity index (χ0v) is 17.6. The monoisotopic (exact) mass is 411 g/mol. The van der Waals surface area contributed by atoms with Gasteiger partial charge in [-0.25, -0.2) is 0 Å². The van der Waals surface area contributed by atoms with Gasteiger partial charge in [0.2, 0.25) is 5.91 Å².